The maximum Gasteiger partial charge on any atom is 0.318 e. The fourth-order valence-electron chi connectivity index (χ4n) is 3.29. The van der Waals surface area contributed by atoms with E-state index < -0.39 is 0 Å². The van der Waals surface area contributed by atoms with Crippen LogP contribution in [0.5, 0.6) is 0 Å². The number of hydrogen-bond donors (Lipinski definition) is 1. The summed E-state index contributed by atoms with van der Waals surface area (Å²) in [6, 6.07) is 12.3. The molecule has 1 aromatic carbocycles. The van der Waals surface area contributed by atoms with Gasteiger partial charge < -0.3 is 10.2 Å². The molecule has 0 bridgehead atoms. The van der Waals surface area contributed by atoms with Crippen LogP contribution in [0.3, 0.4) is 0 Å². The summed E-state index contributed by atoms with van der Waals surface area (Å²) in [6.45, 7) is 1.36. The summed E-state index contributed by atoms with van der Waals surface area (Å²) in [4.78, 5) is 14.5. The Hall–Kier alpha value is -2.60. The van der Waals surface area contributed by atoms with E-state index in [-0.39, 0.29) is 12.1 Å². The second-order valence-corrected chi connectivity index (χ2v) is 6.96. The van der Waals surface area contributed by atoms with Gasteiger partial charge in [-0.25, -0.2) is 9.48 Å². The van der Waals surface area contributed by atoms with Gasteiger partial charge in [0.2, 0.25) is 0 Å². The third-order valence-electron chi connectivity index (χ3n) is 4.59. The third kappa shape index (κ3) is 3.44. The molecule has 0 unspecified atom stereocenters. The third-order valence-corrected chi connectivity index (χ3v) is 5.29. The zero-order valence-corrected chi connectivity index (χ0v) is 14.7. The predicted octanol–water partition coefficient (Wildman–Crippen LogP) is 3.98. The lowest BCUT2D eigenvalue weighted by Crippen LogP contribution is -2.39. The van der Waals surface area contributed by atoms with Crippen molar-refractivity contribution in [2.24, 2.45) is 0 Å². The summed E-state index contributed by atoms with van der Waals surface area (Å²) >= 11 is 1.69. The van der Waals surface area contributed by atoms with Crippen molar-refractivity contribution in [2.45, 2.75) is 25.4 Å². The van der Waals surface area contributed by atoms with Crippen molar-refractivity contribution in [1.82, 2.24) is 20.0 Å². The van der Waals surface area contributed by atoms with Crippen LogP contribution in [0.25, 0.3) is 5.69 Å². The maximum absolute atomic E-state index is 12.6. The fourth-order valence-corrected chi connectivity index (χ4v) is 4.00. The van der Waals surface area contributed by atoms with E-state index in [2.05, 4.69) is 27.2 Å². The molecule has 0 saturated carbocycles. The minimum Gasteiger partial charge on any atom is -0.334 e. The molecule has 0 radical (unpaired) electrons. The zero-order chi connectivity index (χ0) is 17.1. The van der Waals surface area contributed by atoms with Gasteiger partial charge in [-0.05, 0) is 59.0 Å². The van der Waals surface area contributed by atoms with Gasteiger partial charge in [-0.15, -0.1) is 0 Å². The van der Waals surface area contributed by atoms with E-state index in [4.69, 9.17) is 0 Å². The molecule has 4 rings (SSSR count). The molecule has 1 saturated heterocycles. The van der Waals surface area contributed by atoms with E-state index in [1.807, 2.05) is 46.1 Å². The lowest BCUT2D eigenvalue weighted by molar-refractivity contribution is 0.192. The molecule has 25 heavy (non-hydrogen) atoms. The van der Waals surface area contributed by atoms with Gasteiger partial charge in [-0.2, -0.15) is 16.4 Å². The second kappa shape index (κ2) is 7.11. The Morgan fingerprint density at radius 1 is 1.28 bits per heavy atom. The topological polar surface area (TPSA) is 50.2 Å². The molecule has 1 atom stereocenters. The number of aromatic nitrogens is 2. The summed E-state index contributed by atoms with van der Waals surface area (Å²) < 4.78 is 1.82. The molecule has 5 nitrogen and oxygen atoms in total. The number of carbonyl (C=O) groups excluding carboxylic acids is 1. The van der Waals surface area contributed by atoms with Crippen LogP contribution in [0.15, 0.2) is 59.6 Å². The second-order valence-electron chi connectivity index (χ2n) is 6.18. The van der Waals surface area contributed by atoms with Gasteiger partial charge in [-0.3, -0.25) is 0 Å². The minimum absolute atomic E-state index is 0.0184. The number of amides is 2. The Balaban J connectivity index is 1.37. The Bertz CT molecular complexity index is 812. The molecular weight excluding hydrogens is 332 g/mol. The first kappa shape index (κ1) is 15.9. The van der Waals surface area contributed by atoms with Gasteiger partial charge in [0.05, 0.1) is 11.7 Å². The first-order valence-electron chi connectivity index (χ1n) is 8.47. The summed E-state index contributed by atoms with van der Waals surface area (Å²) in [6.07, 6.45) is 5.78. The monoisotopic (exact) mass is 352 g/mol. The molecule has 1 fully saturated rings. The highest BCUT2D eigenvalue weighted by Gasteiger charge is 2.29. The van der Waals surface area contributed by atoms with Gasteiger partial charge >= 0.3 is 6.03 Å². The van der Waals surface area contributed by atoms with E-state index >= 15 is 0 Å². The number of benzene rings is 1. The largest absolute Gasteiger partial charge is 0.334 e. The molecule has 3 heterocycles. The summed E-state index contributed by atoms with van der Waals surface area (Å²) in [5.41, 5.74) is 3.34. The van der Waals surface area contributed by atoms with Crippen molar-refractivity contribution in [3.8, 4) is 5.69 Å². The van der Waals surface area contributed by atoms with Crippen molar-refractivity contribution >= 4 is 17.4 Å². The average molecular weight is 352 g/mol. The van der Waals surface area contributed by atoms with Gasteiger partial charge in [0, 0.05) is 25.5 Å². The SMILES string of the molecule is O=C(NCc1ccc(-n2cccn2)cc1)N1CCC[C@H]1c1ccsc1. The molecule has 0 spiro atoms. The van der Waals surface area contributed by atoms with Crippen LogP contribution >= 0.6 is 11.3 Å². The van der Waals surface area contributed by atoms with Crippen molar-refractivity contribution in [1.29, 1.82) is 0 Å². The van der Waals surface area contributed by atoms with Crippen molar-refractivity contribution in [2.75, 3.05) is 6.54 Å². The predicted molar refractivity (Wildman–Crippen MR) is 98.8 cm³/mol. The fraction of sp³-hybridized carbons (Fsp3) is 0.263. The van der Waals surface area contributed by atoms with Gasteiger partial charge in [0.25, 0.3) is 0 Å². The van der Waals surface area contributed by atoms with Crippen LogP contribution in [0, 0.1) is 0 Å². The highest BCUT2D eigenvalue weighted by atomic mass is 32.1. The van der Waals surface area contributed by atoms with Crippen molar-refractivity contribution < 1.29 is 4.79 Å². The van der Waals surface area contributed by atoms with Gasteiger partial charge in [0.15, 0.2) is 0 Å². The normalized spacial score (nSPS) is 17.0. The number of carbonyl (C=O) groups is 1. The van der Waals surface area contributed by atoms with Crippen LogP contribution in [0.4, 0.5) is 4.79 Å². The molecule has 3 aromatic rings. The quantitative estimate of drug-likeness (QED) is 0.772. The lowest BCUT2D eigenvalue weighted by atomic mass is 10.1. The van der Waals surface area contributed by atoms with E-state index in [1.54, 1.807) is 17.5 Å². The Kier molecular flexibility index (Phi) is 4.52. The molecule has 1 N–H and O–H groups in total. The number of thiophene rings is 1. The van der Waals surface area contributed by atoms with Crippen LogP contribution in [0.2, 0.25) is 0 Å². The van der Waals surface area contributed by atoms with Crippen molar-refractivity contribution in [3.05, 3.63) is 70.7 Å². The first-order chi connectivity index (χ1) is 12.3. The van der Waals surface area contributed by atoms with Crippen LogP contribution in [0.1, 0.15) is 30.0 Å². The van der Waals surface area contributed by atoms with E-state index in [0.717, 1.165) is 30.6 Å². The number of rotatable bonds is 4. The molecule has 6 heteroatoms. The standard InChI is InChI=1S/C19H20N4OS/c24-19(22-10-1-3-18(22)16-8-12-25-14-16)20-13-15-4-6-17(7-5-15)23-11-2-9-21-23/h2,4-9,11-12,14,18H,1,3,10,13H2,(H,20,24)/t18-/m0/s1. The Labute approximate surface area is 150 Å². The number of nitrogens with zero attached hydrogens (tertiary/aromatic N) is 3. The lowest BCUT2D eigenvalue weighted by Gasteiger charge is -2.24. The molecule has 0 aliphatic carbocycles. The summed E-state index contributed by atoms with van der Waals surface area (Å²) in [5, 5.41) is 11.5. The van der Waals surface area contributed by atoms with Crippen molar-refractivity contribution in [3.63, 3.8) is 0 Å². The number of nitrogens with one attached hydrogen (secondary N) is 1. The van der Waals surface area contributed by atoms with E-state index in [0.29, 0.717) is 6.54 Å². The minimum atomic E-state index is 0.0184. The number of hydrogen-bond acceptors (Lipinski definition) is 3. The van der Waals surface area contributed by atoms with Crippen LogP contribution in [-0.4, -0.2) is 27.3 Å². The summed E-state index contributed by atoms with van der Waals surface area (Å²) in [5.74, 6) is 0. The van der Waals surface area contributed by atoms with Gasteiger partial charge in [-0.1, -0.05) is 12.1 Å². The Morgan fingerprint density at radius 3 is 2.88 bits per heavy atom. The van der Waals surface area contributed by atoms with Crippen LogP contribution < -0.4 is 5.32 Å². The maximum atomic E-state index is 12.6. The zero-order valence-electron chi connectivity index (χ0n) is 13.8. The smallest absolute Gasteiger partial charge is 0.318 e. The molecule has 1 aliphatic heterocycles. The Morgan fingerprint density at radius 2 is 2.16 bits per heavy atom. The molecule has 2 aromatic heterocycles. The number of likely N-dealkylation sites (tertiary alicyclic amines) is 1. The highest BCUT2D eigenvalue weighted by molar-refractivity contribution is 7.07. The molecular formula is C19H20N4OS. The highest BCUT2D eigenvalue weighted by Crippen LogP contribution is 2.32. The van der Waals surface area contributed by atoms with E-state index in [9.17, 15) is 4.79 Å². The molecule has 2 amide bonds. The molecule has 128 valence electrons. The summed E-state index contributed by atoms with van der Waals surface area (Å²) in [7, 11) is 0. The first-order valence-corrected chi connectivity index (χ1v) is 9.41. The number of urea groups is 1. The van der Waals surface area contributed by atoms with E-state index in [1.165, 1.54) is 5.56 Å². The van der Waals surface area contributed by atoms with Crippen LogP contribution in [-0.2, 0) is 6.54 Å². The molecule has 1 aliphatic rings. The van der Waals surface area contributed by atoms with Gasteiger partial charge in [0.1, 0.15) is 0 Å². The average Bonchev–Trinajstić information content (AvgIpc) is 3.41.